The quantitative estimate of drug-likeness (QED) is 0.742. The number of rotatable bonds is 4. The zero-order chi connectivity index (χ0) is 13.6. The van der Waals surface area contributed by atoms with Crippen LogP contribution in [0.25, 0.3) is 0 Å². The summed E-state index contributed by atoms with van der Waals surface area (Å²) >= 11 is 0. The molecule has 17 heavy (non-hydrogen) atoms. The predicted octanol–water partition coefficient (Wildman–Crippen LogP) is 2.18. The minimum Gasteiger partial charge on any atom is -0.480 e. The summed E-state index contributed by atoms with van der Waals surface area (Å²) in [5.41, 5.74) is -0.642. The lowest BCUT2D eigenvalue weighted by molar-refractivity contribution is -0.140. The SMILES string of the molecule is C/C=C/[C@H](C)[C@H](NC(=O)OC(C)(C)C)C(=O)O. The second-order valence-corrected chi connectivity index (χ2v) is 4.85. The van der Waals surface area contributed by atoms with Crippen molar-refractivity contribution in [3.63, 3.8) is 0 Å². The number of carboxylic acid groups (broad SMARTS) is 1. The molecule has 0 saturated carbocycles. The van der Waals surface area contributed by atoms with Crippen LogP contribution in [0, 0.1) is 5.92 Å². The Kier molecular flexibility index (Phi) is 5.71. The van der Waals surface area contributed by atoms with Crippen LogP contribution in [0.3, 0.4) is 0 Å². The van der Waals surface area contributed by atoms with E-state index >= 15 is 0 Å². The Bertz CT molecular complexity index is 304. The molecule has 0 aromatic heterocycles. The van der Waals surface area contributed by atoms with E-state index < -0.39 is 23.7 Å². The van der Waals surface area contributed by atoms with E-state index in [9.17, 15) is 9.59 Å². The third-order valence-electron chi connectivity index (χ3n) is 1.96. The Balaban J connectivity index is 4.56. The molecule has 0 heterocycles. The smallest absolute Gasteiger partial charge is 0.408 e. The van der Waals surface area contributed by atoms with Gasteiger partial charge < -0.3 is 15.2 Å². The van der Waals surface area contributed by atoms with E-state index in [1.165, 1.54) is 0 Å². The van der Waals surface area contributed by atoms with E-state index in [1.54, 1.807) is 46.8 Å². The van der Waals surface area contributed by atoms with Gasteiger partial charge in [0, 0.05) is 5.92 Å². The zero-order valence-electron chi connectivity index (χ0n) is 11.0. The number of amides is 1. The summed E-state index contributed by atoms with van der Waals surface area (Å²) in [4.78, 5) is 22.5. The standard InChI is InChI=1S/C12H21NO4/c1-6-7-8(2)9(10(14)15)13-11(16)17-12(3,4)5/h6-9H,1-5H3,(H,13,16)(H,14,15)/b7-6+/t8-,9-/m0/s1. The fourth-order valence-corrected chi connectivity index (χ4v) is 1.27. The van der Waals surface area contributed by atoms with Crippen molar-refractivity contribution in [3.8, 4) is 0 Å². The number of carboxylic acids is 1. The van der Waals surface area contributed by atoms with E-state index in [0.717, 1.165) is 0 Å². The molecule has 0 aromatic rings. The Morgan fingerprint density at radius 3 is 2.24 bits per heavy atom. The minimum atomic E-state index is -1.08. The molecular formula is C12H21NO4. The molecule has 0 bridgehead atoms. The monoisotopic (exact) mass is 243 g/mol. The Morgan fingerprint density at radius 1 is 1.35 bits per heavy atom. The molecule has 0 aliphatic carbocycles. The zero-order valence-corrected chi connectivity index (χ0v) is 11.0. The molecular weight excluding hydrogens is 222 g/mol. The van der Waals surface area contributed by atoms with Crippen LogP contribution in [0.4, 0.5) is 4.79 Å². The number of hydrogen-bond acceptors (Lipinski definition) is 3. The molecule has 0 aromatic carbocycles. The number of allylic oxidation sites excluding steroid dienone is 1. The molecule has 5 nitrogen and oxygen atoms in total. The summed E-state index contributed by atoms with van der Waals surface area (Å²) in [5, 5.41) is 11.4. The van der Waals surface area contributed by atoms with Gasteiger partial charge in [0.05, 0.1) is 0 Å². The molecule has 0 aliphatic rings. The van der Waals surface area contributed by atoms with Crippen molar-refractivity contribution in [2.24, 2.45) is 5.92 Å². The molecule has 0 rings (SSSR count). The molecule has 0 aliphatic heterocycles. The van der Waals surface area contributed by atoms with E-state index in [-0.39, 0.29) is 5.92 Å². The van der Waals surface area contributed by atoms with Crippen LogP contribution >= 0.6 is 0 Å². The van der Waals surface area contributed by atoms with Crippen LogP contribution in [0.5, 0.6) is 0 Å². The molecule has 2 N–H and O–H groups in total. The fourth-order valence-electron chi connectivity index (χ4n) is 1.27. The predicted molar refractivity (Wildman–Crippen MR) is 64.8 cm³/mol. The normalized spacial score (nSPS) is 15.4. The second kappa shape index (κ2) is 6.27. The van der Waals surface area contributed by atoms with Gasteiger partial charge in [-0.3, -0.25) is 0 Å². The third-order valence-corrected chi connectivity index (χ3v) is 1.96. The largest absolute Gasteiger partial charge is 0.480 e. The first-order chi connectivity index (χ1) is 7.67. The third kappa shape index (κ3) is 6.60. The number of alkyl carbamates (subject to hydrolysis) is 1. The van der Waals surface area contributed by atoms with Gasteiger partial charge in [-0.1, -0.05) is 19.1 Å². The van der Waals surface area contributed by atoms with E-state index in [1.807, 2.05) is 0 Å². The second-order valence-electron chi connectivity index (χ2n) is 4.85. The maximum absolute atomic E-state index is 11.5. The van der Waals surface area contributed by atoms with Crippen LogP contribution in [0.1, 0.15) is 34.6 Å². The number of nitrogens with one attached hydrogen (secondary N) is 1. The lowest BCUT2D eigenvalue weighted by atomic mass is 10.0. The van der Waals surface area contributed by atoms with Gasteiger partial charge in [0.15, 0.2) is 0 Å². The fraction of sp³-hybridized carbons (Fsp3) is 0.667. The lowest BCUT2D eigenvalue weighted by Gasteiger charge is -2.23. The molecule has 98 valence electrons. The van der Waals surface area contributed by atoms with Gasteiger partial charge >= 0.3 is 12.1 Å². The molecule has 0 fully saturated rings. The first-order valence-electron chi connectivity index (χ1n) is 5.52. The van der Waals surface area contributed by atoms with Crippen molar-refractivity contribution >= 4 is 12.1 Å². The number of aliphatic carboxylic acids is 1. The lowest BCUT2D eigenvalue weighted by Crippen LogP contribution is -2.46. The van der Waals surface area contributed by atoms with Gasteiger partial charge in [0.1, 0.15) is 11.6 Å². The maximum Gasteiger partial charge on any atom is 0.408 e. The van der Waals surface area contributed by atoms with Crippen molar-refractivity contribution in [1.29, 1.82) is 0 Å². The summed E-state index contributed by atoms with van der Waals surface area (Å²) in [6.45, 7) is 8.67. The van der Waals surface area contributed by atoms with Crippen molar-refractivity contribution < 1.29 is 19.4 Å². The minimum absolute atomic E-state index is 0.301. The van der Waals surface area contributed by atoms with Crippen molar-refractivity contribution in [3.05, 3.63) is 12.2 Å². The summed E-state index contributed by atoms with van der Waals surface area (Å²) < 4.78 is 5.01. The van der Waals surface area contributed by atoms with Crippen LogP contribution in [0.2, 0.25) is 0 Å². The molecule has 1 amide bonds. The van der Waals surface area contributed by atoms with Crippen molar-refractivity contribution in [2.45, 2.75) is 46.3 Å². The van der Waals surface area contributed by atoms with Gasteiger partial charge in [-0.15, -0.1) is 0 Å². The summed E-state index contributed by atoms with van der Waals surface area (Å²) in [7, 11) is 0. The van der Waals surface area contributed by atoms with Gasteiger partial charge in [0.2, 0.25) is 0 Å². The highest BCUT2D eigenvalue weighted by Crippen LogP contribution is 2.10. The molecule has 5 heteroatoms. The number of carbonyl (C=O) groups excluding carboxylic acids is 1. The number of carbonyl (C=O) groups is 2. The van der Waals surface area contributed by atoms with Crippen LogP contribution < -0.4 is 5.32 Å². The number of ether oxygens (including phenoxy) is 1. The average molecular weight is 243 g/mol. The van der Waals surface area contributed by atoms with Gasteiger partial charge in [0.25, 0.3) is 0 Å². The van der Waals surface area contributed by atoms with Crippen molar-refractivity contribution in [2.75, 3.05) is 0 Å². The van der Waals surface area contributed by atoms with Crippen molar-refractivity contribution in [1.82, 2.24) is 5.32 Å². The number of hydrogen-bond donors (Lipinski definition) is 2. The summed E-state index contributed by atoms with van der Waals surface area (Å²) in [6.07, 6.45) is 2.74. The van der Waals surface area contributed by atoms with Gasteiger partial charge in [-0.05, 0) is 27.7 Å². The highest BCUT2D eigenvalue weighted by molar-refractivity contribution is 5.80. The molecule has 0 unspecified atom stereocenters. The average Bonchev–Trinajstić information content (AvgIpc) is 2.11. The Labute approximate surface area is 102 Å². The Hall–Kier alpha value is -1.52. The highest BCUT2D eigenvalue weighted by atomic mass is 16.6. The van der Waals surface area contributed by atoms with Gasteiger partial charge in [-0.25, -0.2) is 9.59 Å². The molecule has 0 saturated heterocycles. The van der Waals surface area contributed by atoms with E-state index in [4.69, 9.17) is 9.84 Å². The molecule has 0 spiro atoms. The summed E-state index contributed by atoms with van der Waals surface area (Å²) in [6, 6.07) is -0.985. The Morgan fingerprint density at radius 2 is 1.88 bits per heavy atom. The van der Waals surface area contributed by atoms with E-state index in [2.05, 4.69) is 5.32 Å². The first kappa shape index (κ1) is 15.5. The first-order valence-corrected chi connectivity index (χ1v) is 5.52. The molecule has 0 radical (unpaired) electrons. The van der Waals surface area contributed by atoms with Crippen LogP contribution in [-0.2, 0) is 9.53 Å². The topological polar surface area (TPSA) is 75.6 Å². The van der Waals surface area contributed by atoms with E-state index in [0.29, 0.717) is 0 Å². The summed E-state index contributed by atoms with van der Waals surface area (Å²) in [5.74, 6) is -1.38. The molecule has 2 atom stereocenters. The maximum atomic E-state index is 11.5. The van der Waals surface area contributed by atoms with Crippen LogP contribution in [0.15, 0.2) is 12.2 Å². The highest BCUT2D eigenvalue weighted by Gasteiger charge is 2.27. The van der Waals surface area contributed by atoms with Crippen LogP contribution in [-0.4, -0.2) is 28.8 Å². The van der Waals surface area contributed by atoms with Gasteiger partial charge in [-0.2, -0.15) is 0 Å².